The van der Waals surface area contributed by atoms with Crippen molar-refractivity contribution in [3.05, 3.63) is 35.9 Å². The molecule has 1 heterocycles. The number of benzene rings is 1. The Hall–Kier alpha value is -1.35. The van der Waals surface area contributed by atoms with E-state index < -0.39 is 0 Å². The molecule has 1 N–H and O–H groups in total. The summed E-state index contributed by atoms with van der Waals surface area (Å²) in [5, 5.41) is 3.18. The van der Waals surface area contributed by atoms with E-state index in [1.807, 2.05) is 6.92 Å². The molecule has 21 heavy (non-hydrogen) atoms. The summed E-state index contributed by atoms with van der Waals surface area (Å²) in [5.74, 6) is 0.698. The van der Waals surface area contributed by atoms with Gasteiger partial charge in [0.15, 0.2) is 0 Å². The number of rotatable bonds is 5. The van der Waals surface area contributed by atoms with Crippen LogP contribution in [0.15, 0.2) is 30.3 Å². The van der Waals surface area contributed by atoms with E-state index in [2.05, 4.69) is 54.4 Å². The van der Waals surface area contributed by atoms with Crippen LogP contribution >= 0.6 is 0 Å². The van der Waals surface area contributed by atoms with Crippen molar-refractivity contribution in [2.75, 3.05) is 13.1 Å². The molecule has 3 atom stereocenters. The van der Waals surface area contributed by atoms with Gasteiger partial charge in [-0.3, -0.25) is 9.69 Å². The Bertz CT molecular complexity index is 446. The van der Waals surface area contributed by atoms with Crippen LogP contribution in [0.2, 0.25) is 0 Å². The Morgan fingerprint density at radius 1 is 1.29 bits per heavy atom. The van der Waals surface area contributed by atoms with E-state index >= 15 is 0 Å². The highest BCUT2D eigenvalue weighted by Gasteiger charge is 2.31. The van der Waals surface area contributed by atoms with Crippen molar-refractivity contribution >= 4 is 5.91 Å². The van der Waals surface area contributed by atoms with Gasteiger partial charge in [-0.1, -0.05) is 44.2 Å². The molecule has 1 aromatic carbocycles. The van der Waals surface area contributed by atoms with Crippen molar-refractivity contribution in [3.63, 3.8) is 0 Å². The maximum atomic E-state index is 11.6. The molecule has 0 aromatic heterocycles. The normalized spacial score (nSPS) is 26.5. The third-order valence-corrected chi connectivity index (χ3v) is 4.63. The summed E-state index contributed by atoms with van der Waals surface area (Å²) in [7, 11) is 0. The maximum absolute atomic E-state index is 11.6. The van der Waals surface area contributed by atoms with Crippen LogP contribution in [-0.4, -0.2) is 36.0 Å². The molecule has 0 radical (unpaired) electrons. The van der Waals surface area contributed by atoms with Gasteiger partial charge >= 0.3 is 0 Å². The summed E-state index contributed by atoms with van der Waals surface area (Å²) in [6.45, 7) is 8.62. The topological polar surface area (TPSA) is 32.3 Å². The average Bonchev–Trinajstić information content (AvgIpc) is 2.50. The van der Waals surface area contributed by atoms with Gasteiger partial charge in [-0.15, -0.1) is 0 Å². The van der Waals surface area contributed by atoms with Crippen molar-refractivity contribution < 1.29 is 4.79 Å². The zero-order chi connectivity index (χ0) is 15.2. The largest absolute Gasteiger partial charge is 0.353 e. The molecule has 1 aliphatic heterocycles. The number of carbonyl (C=O) groups is 1. The van der Waals surface area contributed by atoms with Gasteiger partial charge in [0.2, 0.25) is 5.91 Å². The summed E-state index contributed by atoms with van der Waals surface area (Å²) >= 11 is 0. The third-order valence-electron chi connectivity index (χ3n) is 4.63. The van der Waals surface area contributed by atoms with Crippen LogP contribution in [0.3, 0.4) is 0 Å². The fourth-order valence-corrected chi connectivity index (χ4v) is 3.17. The van der Waals surface area contributed by atoms with Crippen LogP contribution in [0.1, 0.15) is 39.2 Å². The smallest absolute Gasteiger partial charge is 0.219 e. The molecule has 0 bridgehead atoms. The average molecular weight is 288 g/mol. The molecule has 1 aliphatic rings. The maximum Gasteiger partial charge on any atom is 0.219 e. The number of nitrogens with one attached hydrogen (secondary N) is 1. The fourth-order valence-electron chi connectivity index (χ4n) is 3.17. The van der Waals surface area contributed by atoms with Crippen molar-refractivity contribution in [3.8, 4) is 0 Å². The van der Waals surface area contributed by atoms with Crippen LogP contribution in [0.25, 0.3) is 0 Å². The molecule has 0 spiro atoms. The lowest BCUT2D eigenvalue weighted by Crippen LogP contribution is -2.53. The molecule has 3 unspecified atom stereocenters. The van der Waals surface area contributed by atoms with Crippen molar-refractivity contribution in [1.82, 2.24) is 10.2 Å². The Morgan fingerprint density at radius 2 is 2.00 bits per heavy atom. The molecular weight excluding hydrogens is 260 g/mol. The predicted molar refractivity (Wildman–Crippen MR) is 87.2 cm³/mol. The Balaban J connectivity index is 1.85. The number of piperidine rings is 1. The first-order chi connectivity index (χ1) is 10.1. The zero-order valence-corrected chi connectivity index (χ0v) is 13.5. The standard InChI is InChI=1S/C18H28N2O/c1-4-18(21)19-17-12-15(3)20(13-14(17)2)11-10-16-8-6-5-7-9-16/h5-9,14-15,17H,4,10-13H2,1-3H3,(H,19,21). The molecule has 1 amide bonds. The predicted octanol–water partition coefficient (Wildman–Crippen LogP) is 2.85. The van der Waals surface area contributed by atoms with Crippen LogP contribution < -0.4 is 5.32 Å². The SMILES string of the molecule is CCC(=O)NC1CC(C)N(CCc2ccccc2)CC1C. The molecular formula is C18H28N2O. The van der Waals surface area contributed by atoms with Gasteiger partial charge < -0.3 is 5.32 Å². The molecule has 3 nitrogen and oxygen atoms in total. The van der Waals surface area contributed by atoms with Gasteiger partial charge in [-0.25, -0.2) is 0 Å². The van der Waals surface area contributed by atoms with Gasteiger partial charge in [0.05, 0.1) is 0 Å². The Labute approximate surface area is 128 Å². The lowest BCUT2D eigenvalue weighted by molar-refractivity contribution is -0.122. The first-order valence-corrected chi connectivity index (χ1v) is 8.17. The summed E-state index contributed by atoms with van der Waals surface area (Å²) < 4.78 is 0. The number of amides is 1. The molecule has 0 aliphatic carbocycles. The van der Waals surface area contributed by atoms with Gasteiger partial charge in [-0.05, 0) is 31.2 Å². The van der Waals surface area contributed by atoms with Gasteiger partial charge in [-0.2, -0.15) is 0 Å². The lowest BCUT2D eigenvalue weighted by atomic mass is 9.89. The highest BCUT2D eigenvalue weighted by molar-refractivity contribution is 5.75. The molecule has 1 aromatic rings. The number of hydrogen-bond donors (Lipinski definition) is 1. The van der Waals surface area contributed by atoms with Crippen LogP contribution in [0.5, 0.6) is 0 Å². The summed E-state index contributed by atoms with van der Waals surface area (Å²) in [5.41, 5.74) is 1.40. The second-order valence-corrected chi connectivity index (χ2v) is 6.32. The van der Waals surface area contributed by atoms with E-state index in [1.165, 1.54) is 5.56 Å². The van der Waals surface area contributed by atoms with E-state index in [1.54, 1.807) is 0 Å². The van der Waals surface area contributed by atoms with Crippen molar-refractivity contribution in [2.45, 2.75) is 52.1 Å². The minimum Gasteiger partial charge on any atom is -0.353 e. The monoisotopic (exact) mass is 288 g/mol. The third kappa shape index (κ3) is 4.57. The molecule has 0 saturated carbocycles. The first-order valence-electron chi connectivity index (χ1n) is 8.17. The molecule has 3 heteroatoms. The van der Waals surface area contributed by atoms with Crippen molar-refractivity contribution in [1.29, 1.82) is 0 Å². The molecule has 1 saturated heterocycles. The van der Waals surface area contributed by atoms with E-state index in [4.69, 9.17) is 0 Å². The Kier molecular flexibility index (Phi) is 5.80. The first kappa shape index (κ1) is 16.0. The van der Waals surface area contributed by atoms with E-state index in [-0.39, 0.29) is 5.91 Å². The second-order valence-electron chi connectivity index (χ2n) is 6.32. The fraction of sp³-hybridized carbons (Fsp3) is 0.611. The van der Waals surface area contributed by atoms with Crippen LogP contribution in [0, 0.1) is 5.92 Å². The summed E-state index contributed by atoms with van der Waals surface area (Å²) in [4.78, 5) is 14.2. The molecule has 1 fully saturated rings. The zero-order valence-electron chi connectivity index (χ0n) is 13.5. The van der Waals surface area contributed by atoms with E-state index in [9.17, 15) is 4.79 Å². The molecule has 116 valence electrons. The van der Waals surface area contributed by atoms with Crippen LogP contribution in [-0.2, 0) is 11.2 Å². The van der Waals surface area contributed by atoms with Gasteiger partial charge in [0.1, 0.15) is 0 Å². The van der Waals surface area contributed by atoms with Gasteiger partial charge in [0, 0.05) is 31.6 Å². The second kappa shape index (κ2) is 7.60. The minimum atomic E-state index is 0.178. The highest BCUT2D eigenvalue weighted by atomic mass is 16.1. The number of likely N-dealkylation sites (tertiary alicyclic amines) is 1. The lowest BCUT2D eigenvalue weighted by Gasteiger charge is -2.42. The Morgan fingerprint density at radius 3 is 2.67 bits per heavy atom. The highest BCUT2D eigenvalue weighted by Crippen LogP contribution is 2.22. The quantitative estimate of drug-likeness (QED) is 0.903. The summed E-state index contributed by atoms with van der Waals surface area (Å²) in [6.07, 6.45) is 2.74. The molecule has 2 rings (SSSR count). The van der Waals surface area contributed by atoms with Crippen LogP contribution in [0.4, 0.5) is 0 Å². The minimum absolute atomic E-state index is 0.178. The van der Waals surface area contributed by atoms with E-state index in [0.29, 0.717) is 24.4 Å². The van der Waals surface area contributed by atoms with Crippen molar-refractivity contribution in [2.24, 2.45) is 5.92 Å². The number of nitrogens with zero attached hydrogens (tertiary/aromatic N) is 1. The van der Waals surface area contributed by atoms with Gasteiger partial charge in [0.25, 0.3) is 0 Å². The number of hydrogen-bond acceptors (Lipinski definition) is 2. The summed E-state index contributed by atoms with van der Waals surface area (Å²) in [6, 6.07) is 11.5. The van der Waals surface area contributed by atoms with E-state index in [0.717, 1.165) is 25.9 Å². The number of carbonyl (C=O) groups excluding carboxylic acids is 1.